The largest absolute Gasteiger partial charge is 0.355 e. The normalized spacial score (nSPS) is 12.0. The first-order valence-corrected chi connectivity index (χ1v) is 14.1. The van der Waals surface area contributed by atoms with Crippen molar-refractivity contribution in [1.29, 1.82) is 0 Å². The monoisotopic (exact) mass is 559 g/mol. The number of carbonyl (C=O) groups is 2. The summed E-state index contributed by atoms with van der Waals surface area (Å²) in [6.07, 6.45) is 0.317. The van der Waals surface area contributed by atoms with Gasteiger partial charge in [-0.05, 0) is 56.2 Å². The number of aryl methyl sites for hydroxylation is 1. The van der Waals surface area contributed by atoms with Crippen LogP contribution in [0.15, 0.2) is 77.7 Å². The van der Waals surface area contributed by atoms with Gasteiger partial charge in [0.25, 0.3) is 10.0 Å². The maximum Gasteiger partial charge on any atom is 0.264 e. The summed E-state index contributed by atoms with van der Waals surface area (Å²) in [6, 6.07) is 17.8. The molecular weight excluding hydrogens is 529 g/mol. The molecule has 10 heteroatoms. The number of likely N-dealkylation sites (N-methyl/N-ethyl adjacent to an activating group) is 1. The van der Waals surface area contributed by atoms with Crippen LogP contribution in [0.3, 0.4) is 0 Å². The summed E-state index contributed by atoms with van der Waals surface area (Å²) in [6.45, 7) is 5.34. The van der Waals surface area contributed by atoms with Crippen LogP contribution in [0.2, 0.25) is 5.02 Å². The summed E-state index contributed by atoms with van der Waals surface area (Å²) in [4.78, 5) is 28.2. The predicted octanol–water partition coefficient (Wildman–Crippen LogP) is 4.93. The van der Waals surface area contributed by atoms with E-state index < -0.39 is 34.3 Å². The molecule has 2 amide bonds. The molecule has 1 unspecified atom stereocenters. The van der Waals surface area contributed by atoms with Crippen molar-refractivity contribution in [2.75, 3.05) is 17.4 Å². The van der Waals surface area contributed by atoms with Crippen molar-refractivity contribution in [2.45, 2.75) is 44.7 Å². The molecule has 0 aliphatic heterocycles. The van der Waals surface area contributed by atoms with E-state index in [0.29, 0.717) is 13.0 Å². The highest BCUT2D eigenvalue weighted by atomic mass is 35.5. The van der Waals surface area contributed by atoms with Gasteiger partial charge in [-0.15, -0.1) is 0 Å². The summed E-state index contributed by atoms with van der Waals surface area (Å²) >= 11 is 5.98. The van der Waals surface area contributed by atoms with Crippen LogP contribution in [0.4, 0.5) is 10.1 Å². The van der Waals surface area contributed by atoms with Gasteiger partial charge in [-0.1, -0.05) is 66.6 Å². The molecule has 202 valence electrons. The van der Waals surface area contributed by atoms with Crippen LogP contribution in [-0.4, -0.2) is 44.3 Å². The zero-order chi connectivity index (χ0) is 27.9. The number of sulfonamides is 1. The third-order valence-electron chi connectivity index (χ3n) is 5.97. The number of rotatable bonds is 11. The Morgan fingerprint density at radius 1 is 1.00 bits per heavy atom. The fourth-order valence-corrected chi connectivity index (χ4v) is 5.71. The minimum absolute atomic E-state index is 0.0233. The second-order valence-electron chi connectivity index (χ2n) is 8.75. The second-order valence-corrected chi connectivity index (χ2v) is 11.0. The quantitative estimate of drug-likeness (QED) is 0.361. The number of nitrogens with zero attached hydrogens (tertiary/aromatic N) is 2. The minimum Gasteiger partial charge on any atom is -0.355 e. The molecule has 0 heterocycles. The highest BCUT2D eigenvalue weighted by Crippen LogP contribution is 2.28. The van der Waals surface area contributed by atoms with Gasteiger partial charge >= 0.3 is 0 Å². The molecule has 3 aromatic rings. The molecule has 0 bridgehead atoms. The Morgan fingerprint density at radius 2 is 1.71 bits per heavy atom. The van der Waals surface area contributed by atoms with Gasteiger partial charge in [0.15, 0.2) is 0 Å². The fraction of sp³-hybridized carbons (Fsp3) is 0.286. The van der Waals surface area contributed by atoms with Crippen molar-refractivity contribution in [2.24, 2.45) is 0 Å². The maximum atomic E-state index is 13.9. The zero-order valence-electron chi connectivity index (χ0n) is 21.5. The number of benzene rings is 3. The molecule has 7 nitrogen and oxygen atoms in total. The standard InChI is InChI=1S/C28H31ClFN3O4S/c1-4-26(28(35)31-5-2)32(18-21-11-9-10-20(3)16-21)27(34)19-33(22-14-15-25(30)24(29)17-22)38(36,37)23-12-7-6-8-13-23/h6-17,26H,4-5,18-19H2,1-3H3,(H,31,35). The van der Waals surface area contributed by atoms with Crippen molar-refractivity contribution < 1.29 is 22.4 Å². The summed E-state index contributed by atoms with van der Waals surface area (Å²) in [5, 5.41) is 2.48. The number of hydrogen-bond donors (Lipinski definition) is 1. The van der Waals surface area contributed by atoms with Gasteiger partial charge in [0, 0.05) is 13.1 Å². The first-order chi connectivity index (χ1) is 18.1. The Morgan fingerprint density at radius 3 is 2.32 bits per heavy atom. The molecule has 0 aliphatic rings. The Balaban J connectivity index is 2.07. The van der Waals surface area contributed by atoms with E-state index in [4.69, 9.17) is 11.6 Å². The van der Waals surface area contributed by atoms with E-state index in [1.165, 1.54) is 23.1 Å². The lowest BCUT2D eigenvalue weighted by Gasteiger charge is -2.33. The third kappa shape index (κ3) is 6.90. The van der Waals surface area contributed by atoms with Gasteiger partial charge in [-0.2, -0.15) is 0 Å². The molecule has 0 saturated heterocycles. The lowest BCUT2D eigenvalue weighted by Crippen LogP contribution is -2.52. The van der Waals surface area contributed by atoms with Crippen LogP contribution in [0.5, 0.6) is 0 Å². The topological polar surface area (TPSA) is 86.8 Å². The van der Waals surface area contributed by atoms with E-state index in [1.807, 2.05) is 31.2 Å². The molecule has 3 rings (SSSR count). The molecule has 0 aromatic heterocycles. The van der Waals surface area contributed by atoms with E-state index in [9.17, 15) is 22.4 Å². The third-order valence-corrected chi connectivity index (χ3v) is 8.05. The van der Waals surface area contributed by atoms with Crippen molar-refractivity contribution in [1.82, 2.24) is 10.2 Å². The van der Waals surface area contributed by atoms with E-state index >= 15 is 0 Å². The lowest BCUT2D eigenvalue weighted by atomic mass is 10.1. The van der Waals surface area contributed by atoms with Gasteiger partial charge < -0.3 is 10.2 Å². The summed E-state index contributed by atoms with van der Waals surface area (Å²) in [5.74, 6) is -1.65. The SMILES string of the molecule is CCNC(=O)C(CC)N(Cc1cccc(C)c1)C(=O)CN(c1ccc(F)c(Cl)c1)S(=O)(=O)c1ccccc1. The van der Waals surface area contributed by atoms with Crippen molar-refractivity contribution in [3.8, 4) is 0 Å². The molecule has 0 fully saturated rings. The molecule has 0 aliphatic carbocycles. The summed E-state index contributed by atoms with van der Waals surface area (Å²) in [5.41, 5.74) is 1.80. The first-order valence-electron chi connectivity index (χ1n) is 12.2. The molecule has 1 atom stereocenters. The molecule has 0 saturated carbocycles. The zero-order valence-corrected chi connectivity index (χ0v) is 23.1. The van der Waals surface area contributed by atoms with Gasteiger partial charge in [-0.25, -0.2) is 12.8 Å². The van der Waals surface area contributed by atoms with E-state index in [2.05, 4.69) is 5.32 Å². The maximum absolute atomic E-state index is 13.9. The number of halogens is 2. The molecule has 3 aromatic carbocycles. The minimum atomic E-state index is -4.25. The van der Waals surface area contributed by atoms with Gasteiger partial charge in [0.05, 0.1) is 15.6 Å². The van der Waals surface area contributed by atoms with Gasteiger partial charge in [0.2, 0.25) is 11.8 Å². The smallest absolute Gasteiger partial charge is 0.264 e. The highest BCUT2D eigenvalue weighted by molar-refractivity contribution is 7.92. The molecule has 0 radical (unpaired) electrons. The predicted molar refractivity (Wildman–Crippen MR) is 147 cm³/mol. The van der Waals surface area contributed by atoms with Crippen LogP contribution < -0.4 is 9.62 Å². The fourth-order valence-electron chi connectivity index (χ4n) is 4.11. The Bertz CT molecular complexity index is 1390. The molecule has 1 N–H and O–H groups in total. The van der Waals surface area contributed by atoms with Crippen LogP contribution in [0.1, 0.15) is 31.4 Å². The number of carbonyl (C=O) groups excluding carboxylic acids is 2. The van der Waals surface area contributed by atoms with Crippen molar-refractivity contribution in [3.63, 3.8) is 0 Å². The Hall–Kier alpha value is -3.43. The molecular formula is C28H31ClFN3O4S. The van der Waals surface area contributed by atoms with Crippen molar-refractivity contribution in [3.05, 3.63) is 94.8 Å². The Labute approximate surface area is 228 Å². The highest BCUT2D eigenvalue weighted by Gasteiger charge is 2.33. The number of amides is 2. The first kappa shape index (κ1) is 29.1. The van der Waals surface area contributed by atoms with E-state index in [1.54, 1.807) is 32.0 Å². The van der Waals surface area contributed by atoms with Crippen LogP contribution in [0.25, 0.3) is 0 Å². The van der Waals surface area contributed by atoms with Crippen LogP contribution in [0, 0.1) is 12.7 Å². The van der Waals surface area contributed by atoms with Gasteiger partial charge in [0.1, 0.15) is 18.4 Å². The number of anilines is 1. The average Bonchev–Trinajstić information content (AvgIpc) is 2.89. The molecule has 0 spiro atoms. The van der Waals surface area contributed by atoms with Crippen LogP contribution >= 0.6 is 11.6 Å². The summed E-state index contributed by atoms with van der Waals surface area (Å²) in [7, 11) is -4.25. The van der Waals surface area contributed by atoms with E-state index in [-0.39, 0.29) is 28.1 Å². The van der Waals surface area contributed by atoms with Crippen molar-refractivity contribution >= 4 is 39.1 Å². The average molecular weight is 560 g/mol. The van der Waals surface area contributed by atoms with Gasteiger partial charge in [-0.3, -0.25) is 13.9 Å². The number of hydrogen-bond acceptors (Lipinski definition) is 4. The van der Waals surface area contributed by atoms with E-state index in [0.717, 1.165) is 27.6 Å². The number of nitrogens with one attached hydrogen (secondary N) is 1. The molecule has 38 heavy (non-hydrogen) atoms. The van der Waals surface area contributed by atoms with Crippen LogP contribution in [-0.2, 0) is 26.2 Å². The summed E-state index contributed by atoms with van der Waals surface area (Å²) < 4.78 is 42.2. The second kappa shape index (κ2) is 12.9. The Kier molecular flexibility index (Phi) is 9.88. The lowest BCUT2D eigenvalue weighted by molar-refractivity contribution is -0.140.